The predicted molar refractivity (Wildman–Crippen MR) is 84.6 cm³/mol. The average Bonchev–Trinajstić information content (AvgIpc) is 2.45. The second kappa shape index (κ2) is 7.66. The van der Waals surface area contributed by atoms with Gasteiger partial charge in [-0.3, -0.25) is 0 Å². The Labute approximate surface area is 127 Å². The molecule has 0 aliphatic rings. The first-order valence-electron chi connectivity index (χ1n) is 7.00. The van der Waals surface area contributed by atoms with E-state index in [4.69, 9.17) is 15.2 Å². The molecule has 0 heterocycles. The van der Waals surface area contributed by atoms with E-state index in [2.05, 4.69) is 0 Å². The smallest absolute Gasteiger partial charge is 0.152 e. The minimum Gasteiger partial charge on any atom is -0.497 e. The SMILES string of the molecule is CCC(C)CS(=O)(=O)CC(N)c1cc(OC)ccc1OC. The number of hydrogen-bond acceptors (Lipinski definition) is 5. The van der Waals surface area contributed by atoms with Gasteiger partial charge in [-0.15, -0.1) is 0 Å². The lowest BCUT2D eigenvalue weighted by Crippen LogP contribution is -2.26. The Kier molecular flexibility index (Phi) is 6.48. The highest BCUT2D eigenvalue weighted by Crippen LogP contribution is 2.29. The fraction of sp³-hybridized carbons (Fsp3) is 0.600. The average molecular weight is 315 g/mol. The molecule has 0 radical (unpaired) electrons. The van der Waals surface area contributed by atoms with Crippen molar-refractivity contribution in [2.24, 2.45) is 11.7 Å². The van der Waals surface area contributed by atoms with Crippen molar-refractivity contribution in [3.63, 3.8) is 0 Å². The van der Waals surface area contributed by atoms with E-state index in [0.29, 0.717) is 17.1 Å². The summed E-state index contributed by atoms with van der Waals surface area (Å²) in [4.78, 5) is 0. The molecule has 1 aromatic rings. The van der Waals surface area contributed by atoms with Crippen molar-refractivity contribution >= 4 is 9.84 Å². The normalized spacial score (nSPS) is 14.5. The van der Waals surface area contributed by atoms with Crippen molar-refractivity contribution < 1.29 is 17.9 Å². The van der Waals surface area contributed by atoms with Gasteiger partial charge in [0.15, 0.2) is 9.84 Å². The number of sulfone groups is 1. The molecular formula is C15H25NO4S. The zero-order valence-corrected chi connectivity index (χ0v) is 13.9. The van der Waals surface area contributed by atoms with Crippen LogP contribution in [0, 0.1) is 5.92 Å². The van der Waals surface area contributed by atoms with E-state index in [0.717, 1.165) is 6.42 Å². The largest absolute Gasteiger partial charge is 0.497 e. The summed E-state index contributed by atoms with van der Waals surface area (Å²) in [5, 5.41) is 0. The molecule has 0 spiro atoms. The summed E-state index contributed by atoms with van der Waals surface area (Å²) in [7, 11) is -0.120. The van der Waals surface area contributed by atoms with Crippen molar-refractivity contribution in [2.75, 3.05) is 25.7 Å². The van der Waals surface area contributed by atoms with Crippen molar-refractivity contribution in [1.82, 2.24) is 0 Å². The Morgan fingerprint density at radius 1 is 1.19 bits per heavy atom. The van der Waals surface area contributed by atoms with Gasteiger partial charge >= 0.3 is 0 Å². The van der Waals surface area contributed by atoms with Gasteiger partial charge in [0.1, 0.15) is 11.5 Å². The molecule has 6 heteroatoms. The number of methoxy groups -OCH3 is 2. The van der Waals surface area contributed by atoms with Crippen LogP contribution in [0.1, 0.15) is 31.9 Å². The highest BCUT2D eigenvalue weighted by Gasteiger charge is 2.22. The molecule has 0 amide bonds. The molecule has 5 nitrogen and oxygen atoms in total. The number of ether oxygens (including phenoxy) is 2. The monoisotopic (exact) mass is 315 g/mol. The van der Waals surface area contributed by atoms with Crippen LogP contribution in [0.2, 0.25) is 0 Å². The molecule has 2 atom stereocenters. The van der Waals surface area contributed by atoms with Gasteiger partial charge in [-0.05, 0) is 24.1 Å². The molecule has 2 unspecified atom stereocenters. The summed E-state index contributed by atoms with van der Waals surface area (Å²) in [6.07, 6.45) is 0.830. The third kappa shape index (κ3) is 5.21. The zero-order valence-electron chi connectivity index (χ0n) is 13.1. The second-order valence-electron chi connectivity index (χ2n) is 5.30. The summed E-state index contributed by atoms with van der Waals surface area (Å²) >= 11 is 0. The fourth-order valence-electron chi connectivity index (χ4n) is 2.11. The van der Waals surface area contributed by atoms with Gasteiger partial charge in [-0.2, -0.15) is 0 Å². The van der Waals surface area contributed by atoms with Crippen LogP contribution in [0.3, 0.4) is 0 Å². The predicted octanol–water partition coefficient (Wildman–Crippen LogP) is 2.16. The molecule has 0 saturated heterocycles. The summed E-state index contributed by atoms with van der Waals surface area (Å²) in [5.74, 6) is 1.39. The molecule has 0 aliphatic carbocycles. The van der Waals surface area contributed by atoms with Crippen LogP contribution in [0.4, 0.5) is 0 Å². The van der Waals surface area contributed by atoms with Crippen molar-refractivity contribution in [3.8, 4) is 11.5 Å². The third-order valence-corrected chi connectivity index (χ3v) is 5.45. The molecule has 21 heavy (non-hydrogen) atoms. The second-order valence-corrected chi connectivity index (χ2v) is 7.46. The zero-order chi connectivity index (χ0) is 16.0. The Balaban J connectivity index is 2.95. The van der Waals surface area contributed by atoms with Gasteiger partial charge in [0.2, 0.25) is 0 Å². The Morgan fingerprint density at radius 3 is 2.38 bits per heavy atom. The highest BCUT2D eigenvalue weighted by atomic mass is 32.2. The quantitative estimate of drug-likeness (QED) is 0.795. The fourth-order valence-corrected chi connectivity index (χ4v) is 4.08. The maximum Gasteiger partial charge on any atom is 0.152 e. The van der Waals surface area contributed by atoms with E-state index >= 15 is 0 Å². The Hall–Kier alpha value is -1.27. The summed E-state index contributed by atoms with van der Waals surface area (Å²) in [5.41, 5.74) is 6.73. The number of nitrogens with two attached hydrogens (primary N) is 1. The first-order valence-corrected chi connectivity index (χ1v) is 8.83. The van der Waals surface area contributed by atoms with Crippen molar-refractivity contribution in [1.29, 1.82) is 0 Å². The van der Waals surface area contributed by atoms with Crippen LogP contribution in [0.25, 0.3) is 0 Å². The minimum atomic E-state index is -3.21. The summed E-state index contributed by atoms with van der Waals surface area (Å²) < 4.78 is 34.8. The lowest BCUT2D eigenvalue weighted by Gasteiger charge is -2.18. The Morgan fingerprint density at radius 2 is 1.86 bits per heavy atom. The van der Waals surface area contributed by atoms with Crippen molar-refractivity contribution in [3.05, 3.63) is 23.8 Å². The van der Waals surface area contributed by atoms with E-state index < -0.39 is 15.9 Å². The summed E-state index contributed by atoms with van der Waals surface area (Å²) in [6, 6.07) is 4.57. The van der Waals surface area contributed by atoms with Crippen LogP contribution in [0.5, 0.6) is 11.5 Å². The number of benzene rings is 1. The molecule has 0 aliphatic heterocycles. The molecule has 0 fully saturated rings. The van der Waals surface area contributed by atoms with Gasteiger partial charge in [0.05, 0.1) is 25.7 Å². The summed E-state index contributed by atoms with van der Waals surface area (Å²) in [6.45, 7) is 3.90. The van der Waals surface area contributed by atoms with E-state index in [1.54, 1.807) is 25.3 Å². The molecule has 0 bridgehead atoms. The van der Waals surface area contributed by atoms with Crippen LogP contribution in [-0.2, 0) is 9.84 Å². The first-order chi connectivity index (χ1) is 9.82. The maximum absolute atomic E-state index is 12.2. The third-order valence-electron chi connectivity index (χ3n) is 3.51. The molecule has 2 N–H and O–H groups in total. The Bertz CT molecular complexity index is 557. The van der Waals surface area contributed by atoms with Crippen LogP contribution in [-0.4, -0.2) is 34.1 Å². The van der Waals surface area contributed by atoms with Crippen molar-refractivity contribution in [2.45, 2.75) is 26.3 Å². The van der Waals surface area contributed by atoms with E-state index in [1.807, 2.05) is 13.8 Å². The molecule has 0 saturated carbocycles. The number of hydrogen-bond donors (Lipinski definition) is 1. The molecule has 0 aromatic heterocycles. The van der Waals surface area contributed by atoms with Gasteiger partial charge in [0.25, 0.3) is 0 Å². The van der Waals surface area contributed by atoms with Gasteiger partial charge in [-0.1, -0.05) is 20.3 Å². The highest BCUT2D eigenvalue weighted by molar-refractivity contribution is 7.91. The standard InChI is InChI=1S/C15H25NO4S/c1-5-11(2)9-21(17,18)10-14(16)13-8-12(19-3)6-7-15(13)20-4/h6-8,11,14H,5,9-10,16H2,1-4H3. The van der Waals surface area contributed by atoms with E-state index in [9.17, 15) is 8.42 Å². The van der Waals surface area contributed by atoms with Crippen LogP contribution < -0.4 is 15.2 Å². The topological polar surface area (TPSA) is 78.6 Å². The lowest BCUT2D eigenvalue weighted by molar-refractivity contribution is 0.396. The van der Waals surface area contributed by atoms with E-state index in [-0.39, 0.29) is 17.4 Å². The molecule has 1 rings (SSSR count). The number of rotatable bonds is 8. The molecule has 120 valence electrons. The van der Waals surface area contributed by atoms with Gasteiger partial charge < -0.3 is 15.2 Å². The molecular weight excluding hydrogens is 290 g/mol. The lowest BCUT2D eigenvalue weighted by atomic mass is 10.1. The maximum atomic E-state index is 12.2. The minimum absolute atomic E-state index is 0.0964. The molecule has 1 aromatic carbocycles. The van der Waals surface area contributed by atoms with E-state index in [1.165, 1.54) is 7.11 Å². The van der Waals surface area contributed by atoms with Crippen LogP contribution in [0.15, 0.2) is 18.2 Å². The van der Waals surface area contributed by atoms with Gasteiger partial charge in [-0.25, -0.2) is 8.42 Å². The first kappa shape index (κ1) is 17.8. The van der Waals surface area contributed by atoms with Gasteiger partial charge in [0, 0.05) is 11.6 Å². The van der Waals surface area contributed by atoms with Crippen LogP contribution >= 0.6 is 0 Å².